The molecule has 0 aliphatic heterocycles. The number of hydrogen-bond donors (Lipinski definition) is 3. The van der Waals surface area contributed by atoms with E-state index in [0.717, 1.165) is 38.2 Å². The third-order valence-electron chi connectivity index (χ3n) is 6.17. The number of carboxylic acids is 2. The second-order valence-electron chi connectivity index (χ2n) is 9.26. The standard InChI is InChI=1S/C23H33F3N2O5/c1-14(2)12-17(21(30)31)27-18(22(32)33)13-16-8-9-19(20(29)23(24,25)26)28(16)11-10-15-6-4-3-5-7-15/h8-9,14-15,17-18,27H,3-7,10-13H2,1-2H3,(H,30,31)(H,32,33). The molecule has 7 nitrogen and oxygen atoms in total. The van der Waals surface area contributed by atoms with Gasteiger partial charge in [0.15, 0.2) is 0 Å². The number of hydrogen-bond acceptors (Lipinski definition) is 4. The molecule has 1 fully saturated rings. The summed E-state index contributed by atoms with van der Waals surface area (Å²) < 4.78 is 40.7. The topological polar surface area (TPSA) is 109 Å². The second-order valence-corrected chi connectivity index (χ2v) is 9.26. The van der Waals surface area contributed by atoms with Crippen LogP contribution in [0.2, 0.25) is 0 Å². The molecule has 0 spiro atoms. The number of ketones is 1. The van der Waals surface area contributed by atoms with Gasteiger partial charge in [0.1, 0.15) is 12.1 Å². The predicted molar refractivity (Wildman–Crippen MR) is 115 cm³/mol. The van der Waals surface area contributed by atoms with E-state index in [-0.39, 0.29) is 31.0 Å². The lowest BCUT2D eigenvalue weighted by Gasteiger charge is -2.24. The van der Waals surface area contributed by atoms with Crippen LogP contribution in [-0.4, -0.2) is 50.8 Å². The summed E-state index contributed by atoms with van der Waals surface area (Å²) in [5.41, 5.74) is -0.263. The van der Waals surface area contributed by atoms with Crippen molar-refractivity contribution in [3.8, 4) is 0 Å². The fraction of sp³-hybridized carbons (Fsp3) is 0.696. The first kappa shape index (κ1) is 26.9. The summed E-state index contributed by atoms with van der Waals surface area (Å²) in [6.07, 6.45) is 0.721. The maximum atomic E-state index is 13.2. The first-order valence-electron chi connectivity index (χ1n) is 11.4. The van der Waals surface area contributed by atoms with Gasteiger partial charge in [0.2, 0.25) is 0 Å². The van der Waals surface area contributed by atoms with Crippen molar-refractivity contribution < 1.29 is 37.8 Å². The predicted octanol–water partition coefficient (Wildman–Crippen LogP) is 4.29. The molecule has 3 N–H and O–H groups in total. The van der Waals surface area contributed by atoms with Crippen molar-refractivity contribution in [2.75, 3.05) is 0 Å². The number of aliphatic carboxylic acids is 2. The van der Waals surface area contributed by atoms with E-state index < -0.39 is 41.7 Å². The van der Waals surface area contributed by atoms with Crippen molar-refractivity contribution in [2.24, 2.45) is 11.8 Å². The zero-order valence-corrected chi connectivity index (χ0v) is 19.0. The van der Waals surface area contributed by atoms with Crippen LogP contribution in [0.25, 0.3) is 0 Å². The van der Waals surface area contributed by atoms with Crippen LogP contribution in [-0.2, 0) is 22.6 Å². The molecule has 0 aromatic carbocycles. The van der Waals surface area contributed by atoms with E-state index in [1.807, 2.05) is 0 Å². The van der Waals surface area contributed by atoms with Gasteiger partial charge in [-0.1, -0.05) is 46.0 Å². The fourth-order valence-electron chi connectivity index (χ4n) is 4.46. The maximum Gasteiger partial charge on any atom is 0.456 e. The zero-order valence-electron chi connectivity index (χ0n) is 19.0. The van der Waals surface area contributed by atoms with Gasteiger partial charge in [-0.25, -0.2) is 0 Å². The van der Waals surface area contributed by atoms with Crippen LogP contribution in [0.15, 0.2) is 12.1 Å². The van der Waals surface area contributed by atoms with E-state index in [4.69, 9.17) is 0 Å². The molecular weight excluding hydrogens is 441 g/mol. The van der Waals surface area contributed by atoms with E-state index in [1.165, 1.54) is 10.6 Å². The summed E-state index contributed by atoms with van der Waals surface area (Å²) in [6, 6.07) is -0.0429. The molecule has 0 bridgehead atoms. The number of Topliss-reactive ketones (excluding diaryl/α,β-unsaturated/α-hetero) is 1. The Bertz CT molecular complexity index is 829. The molecular formula is C23H33F3N2O5. The largest absolute Gasteiger partial charge is 0.480 e. The van der Waals surface area contributed by atoms with Crippen molar-refractivity contribution >= 4 is 17.7 Å². The molecule has 1 aliphatic carbocycles. The Morgan fingerprint density at radius 3 is 2.18 bits per heavy atom. The number of carbonyl (C=O) groups excluding carboxylic acids is 1. The number of rotatable bonds is 12. The van der Waals surface area contributed by atoms with E-state index in [1.54, 1.807) is 13.8 Å². The molecule has 33 heavy (non-hydrogen) atoms. The van der Waals surface area contributed by atoms with E-state index in [9.17, 15) is 37.8 Å². The first-order chi connectivity index (χ1) is 15.4. The normalized spacial score (nSPS) is 17.2. The van der Waals surface area contributed by atoms with Crippen molar-refractivity contribution in [1.82, 2.24) is 9.88 Å². The van der Waals surface area contributed by atoms with Gasteiger partial charge in [0, 0.05) is 18.7 Å². The summed E-state index contributed by atoms with van der Waals surface area (Å²) in [5.74, 6) is -4.15. The summed E-state index contributed by atoms with van der Waals surface area (Å²) >= 11 is 0. The SMILES string of the molecule is CC(C)CC(NC(Cc1ccc(C(=O)C(F)(F)F)n1CCC1CCCCC1)C(=O)O)C(=O)O. The number of alkyl halides is 3. The van der Waals surface area contributed by atoms with Gasteiger partial charge in [-0.05, 0) is 36.8 Å². The van der Waals surface area contributed by atoms with Crippen molar-refractivity contribution in [3.63, 3.8) is 0 Å². The van der Waals surface area contributed by atoms with E-state index in [0.29, 0.717) is 12.3 Å². The van der Waals surface area contributed by atoms with Crippen LogP contribution in [0.5, 0.6) is 0 Å². The number of carboxylic acid groups (broad SMARTS) is 2. The highest BCUT2D eigenvalue weighted by Gasteiger charge is 2.41. The average molecular weight is 475 g/mol. The van der Waals surface area contributed by atoms with Gasteiger partial charge in [-0.2, -0.15) is 13.2 Å². The Morgan fingerprint density at radius 2 is 1.67 bits per heavy atom. The number of nitrogens with zero attached hydrogens (tertiary/aromatic N) is 1. The highest BCUT2D eigenvalue weighted by molar-refractivity contribution is 5.99. The zero-order chi connectivity index (χ0) is 24.8. The molecule has 2 unspecified atom stereocenters. The van der Waals surface area contributed by atoms with Gasteiger partial charge in [-0.15, -0.1) is 0 Å². The third-order valence-corrected chi connectivity index (χ3v) is 6.17. The Morgan fingerprint density at radius 1 is 1.06 bits per heavy atom. The van der Waals surface area contributed by atoms with Crippen molar-refractivity contribution in [2.45, 2.75) is 90.0 Å². The van der Waals surface area contributed by atoms with Crippen LogP contribution < -0.4 is 5.32 Å². The average Bonchev–Trinajstić information content (AvgIpc) is 3.12. The van der Waals surface area contributed by atoms with Gasteiger partial charge < -0.3 is 14.8 Å². The van der Waals surface area contributed by atoms with E-state index >= 15 is 0 Å². The van der Waals surface area contributed by atoms with Gasteiger partial charge in [0.05, 0.1) is 5.69 Å². The van der Waals surface area contributed by atoms with Crippen LogP contribution in [0.1, 0.15) is 75.0 Å². The molecule has 1 heterocycles. The highest BCUT2D eigenvalue weighted by Crippen LogP contribution is 2.29. The Kier molecular flexibility index (Phi) is 9.51. The molecule has 1 aromatic heterocycles. The van der Waals surface area contributed by atoms with Gasteiger partial charge in [0.25, 0.3) is 5.78 Å². The van der Waals surface area contributed by atoms with Crippen LogP contribution in [0.4, 0.5) is 13.2 Å². The quantitative estimate of drug-likeness (QED) is 0.390. The molecule has 2 rings (SSSR count). The molecule has 0 radical (unpaired) electrons. The first-order valence-corrected chi connectivity index (χ1v) is 11.4. The Hall–Kier alpha value is -2.36. The van der Waals surface area contributed by atoms with Crippen LogP contribution in [0, 0.1) is 11.8 Å². The van der Waals surface area contributed by atoms with Crippen molar-refractivity contribution in [1.29, 1.82) is 0 Å². The minimum atomic E-state index is -5.05. The third kappa shape index (κ3) is 7.87. The molecule has 0 amide bonds. The highest BCUT2D eigenvalue weighted by atomic mass is 19.4. The molecule has 0 saturated heterocycles. The Labute approximate surface area is 191 Å². The smallest absolute Gasteiger partial charge is 0.456 e. The maximum absolute atomic E-state index is 13.2. The number of halogens is 3. The van der Waals surface area contributed by atoms with Crippen molar-refractivity contribution in [3.05, 3.63) is 23.5 Å². The number of aromatic nitrogens is 1. The lowest BCUT2D eigenvalue weighted by molar-refractivity contribution is -0.142. The molecule has 2 atom stereocenters. The molecule has 1 aromatic rings. The van der Waals surface area contributed by atoms with Crippen LogP contribution >= 0.6 is 0 Å². The lowest BCUT2D eigenvalue weighted by Crippen LogP contribution is -2.49. The monoisotopic (exact) mass is 474 g/mol. The second kappa shape index (κ2) is 11.7. The molecule has 10 heteroatoms. The minimum Gasteiger partial charge on any atom is -0.480 e. The molecule has 186 valence electrons. The van der Waals surface area contributed by atoms with E-state index in [2.05, 4.69) is 5.32 Å². The summed E-state index contributed by atoms with van der Waals surface area (Å²) in [7, 11) is 0. The summed E-state index contributed by atoms with van der Waals surface area (Å²) in [6.45, 7) is 3.78. The number of carbonyl (C=O) groups is 3. The van der Waals surface area contributed by atoms with Gasteiger partial charge in [-0.3, -0.25) is 19.7 Å². The van der Waals surface area contributed by atoms with Gasteiger partial charge >= 0.3 is 18.1 Å². The Balaban J connectivity index is 2.29. The molecule has 1 aliphatic rings. The summed E-state index contributed by atoms with van der Waals surface area (Å²) in [4.78, 5) is 35.4. The molecule has 1 saturated carbocycles. The number of nitrogens with one attached hydrogen (secondary N) is 1. The fourth-order valence-corrected chi connectivity index (χ4v) is 4.46. The lowest BCUT2D eigenvalue weighted by atomic mass is 9.87. The summed E-state index contributed by atoms with van der Waals surface area (Å²) in [5, 5.41) is 21.7. The van der Waals surface area contributed by atoms with Crippen LogP contribution in [0.3, 0.4) is 0 Å². The minimum absolute atomic E-state index is 0.0107.